The van der Waals surface area contributed by atoms with Crippen molar-refractivity contribution in [3.05, 3.63) is 65.7 Å². The summed E-state index contributed by atoms with van der Waals surface area (Å²) in [5.74, 6) is -1.15. The van der Waals surface area contributed by atoms with Crippen LogP contribution in [0.3, 0.4) is 0 Å². The van der Waals surface area contributed by atoms with E-state index < -0.39 is 33.8 Å². The Bertz CT molecular complexity index is 1160. The molecule has 2 N–H and O–H groups in total. The first-order valence-electron chi connectivity index (χ1n) is 9.41. The Morgan fingerprint density at radius 2 is 1.81 bits per heavy atom. The summed E-state index contributed by atoms with van der Waals surface area (Å²) in [7, 11) is -4.07. The van der Waals surface area contributed by atoms with Crippen molar-refractivity contribution in [2.24, 2.45) is 0 Å². The Balaban J connectivity index is 1.60. The van der Waals surface area contributed by atoms with Crippen molar-refractivity contribution in [1.29, 1.82) is 0 Å². The average Bonchev–Trinajstić information content (AvgIpc) is 3.26. The van der Waals surface area contributed by atoms with Gasteiger partial charge in [-0.25, -0.2) is 17.9 Å². The molecule has 10 heteroatoms. The standard InChI is InChI=1S/C21H18F3NO5S/c1-11(20(26)27)14-3-2-4-15-18-16(9-10-17(18)30-19(14)15)25-31(28,29)13-7-5-12(6-8-13)21(22,23)24/h2-8,16-18,25H,1,9-10H2,(H,26,27). The highest BCUT2D eigenvalue weighted by Crippen LogP contribution is 2.49. The first kappa shape index (κ1) is 21.4. The van der Waals surface area contributed by atoms with Gasteiger partial charge in [0, 0.05) is 23.1 Å². The van der Waals surface area contributed by atoms with Crippen molar-refractivity contribution in [3.63, 3.8) is 0 Å². The fourth-order valence-corrected chi connectivity index (χ4v) is 5.48. The van der Waals surface area contributed by atoms with Gasteiger partial charge in [0.15, 0.2) is 0 Å². The van der Waals surface area contributed by atoms with E-state index in [1.165, 1.54) is 0 Å². The van der Waals surface area contributed by atoms with E-state index in [9.17, 15) is 31.5 Å². The molecule has 0 spiro atoms. The van der Waals surface area contributed by atoms with Gasteiger partial charge >= 0.3 is 12.1 Å². The Hall–Kier alpha value is -2.85. The van der Waals surface area contributed by atoms with Gasteiger partial charge in [-0.2, -0.15) is 13.2 Å². The molecule has 2 aromatic rings. The Morgan fingerprint density at radius 3 is 2.42 bits per heavy atom. The molecule has 2 aromatic carbocycles. The number of fused-ring (bicyclic) bond motifs is 3. The molecule has 0 aromatic heterocycles. The maximum absolute atomic E-state index is 12.8. The van der Waals surface area contributed by atoms with E-state index in [1.807, 2.05) is 0 Å². The van der Waals surface area contributed by atoms with E-state index in [1.54, 1.807) is 18.2 Å². The lowest BCUT2D eigenvalue weighted by Crippen LogP contribution is -2.37. The highest BCUT2D eigenvalue weighted by Gasteiger charge is 2.47. The van der Waals surface area contributed by atoms with Gasteiger partial charge in [0.05, 0.1) is 16.0 Å². The predicted molar refractivity (Wildman–Crippen MR) is 105 cm³/mol. The number of rotatable bonds is 5. The van der Waals surface area contributed by atoms with Crippen LogP contribution in [-0.4, -0.2) is 31.6 Å². The maximum atomic E-state index is 12.8. The first-order chi connectivity index (χ1) is 14.5. The van der Waals surface area contributed by atoms with E-state index in [0.29, 0.717) is 29.7 Å². The van der Waals surface area contributed by atoms with Gasteiger partial charge < -0.3 is 9.84 Å². The fourth-order valence-electron chi connectivity index (χ4n) is 4.19. The van der Waals surface area contributed by atoms with E-state index in [4.69, 9.17) is 4.74 Å². The number of para-hydroxylation sites is 1. The molecule has 164 valence electrons. The monoisotopic (exact) mass is 453 g/mol. The van der Waals surface area contributed by atoms with Crippen molar-refractivity contribution in [2.45, 2.75) is 42.0 Å². The number of sulfonamides is 1. The summed E-state index contributed by atoms with van der Waals surface area (Å²) in [6, 6.07) is 7.74. The second-order valence-corrected chi connectivity index (χ2v) is 9.23. The number of aliphatic carboxylic acids is 1. The van der Waals surface area contributed by atoms with Crippen LogP contribution < -0.4 is 9.46 Å². The molecule has 1 heterocycles. The smallest absolute Gasteiger partial charge is 0.416 e. The van der Waals surface area contributed by atoms with E-state index in [2.05, 4.69) is 11.3 Å². The Labute approximate surface area is 176 Å². The molecule has 2 aliphatic rings. The molecular weight excluding hydrogens is 435 g/mol. The minimum Gasteiger partial charge on any atom is -0.489 e. The number of hydrogen-bond acceptors (Lipinski definition) is 4. The van der Waals surface area contributed by atoms with Crippen molar-refractivity contribution in [1.82, 2.24) is 4.72 Å². The number of halogens is 3. The van der Waals surface area contributed by atoms with Gasteiger partial charge in [-0.3, -0.25) is 0 Å². The summed E-state index contributed by atoms with van der Waals surface area (Å²) in [6.07, 6.45) is -3.88. The number of hydrogen-bond donors (Lipinski definition) is 2. The predicted octanol–water partition coefficient (Wildman–Crippen LogP) is 3.79. The van der Waals surface area contributed by atoms with Crippen molar-refractivity contribution in [3.8, 4) is 5.75 Å². The topological polar surface area (TPSA) is 92.7 Å². The van der Waals surface area contributed by atoms with Gasteiger partial charge in [0.2, 0.25) is 10.0 Å². The Kier molecular flexibility index (Phi) is 5.09. The number of nitrogens with one attached hydrogen (secondary N) is 1. The number of carboxylic acid groups (broad SMARTS) is 1. The second-order valence-electron chi connectivity index (χ2n) is 7.52. The zero-order valence-corrected chi connectivity index (χ0v) is 16.8. The molecule has 1 fully saturated rings. The van der Waals surface area contributed by atoms with Gasteiger partial charge in [-0.05, 0) is 37.1 Å². The van der Waals surface area contributed by atoms with E-state index in [0.717, 1.165) is 24.3 Å². The molecule has 1 saturated carbocycles. The van der Waals surface area contributed by atoms with Crippen LogP contribution in [0.25, 0.3) is 5.57 Å². The molecular formula is C21H18F3NO5S. The second kappa shape index (κ2) is 7.38. The van der Waals surface area contributed by atoms with Crippen molar-refractivity contribution in [2.75, 3.05) is 0 Å². The number of benzene rings is 2. The lowest BCUT2D eigenvalue weighted by atomic mass is 9.92. The highest BCUT2D eigenvalue weighted by molar-refractivity contribution is 7.89. The maximum Gasteiger partial charge on any atom is 0.416 e. The largest absolute Gasteiger partial charge is 0.489 e. The third-order valence-corrected chi connectivity index (χ3v) is 7.16. The number of carbonyl (C=O) groups is 1. The van der Waals surface area contributed by atoms with Crippen LogP contribution in [-0.2, 0) is 21.0 Å². The molecule has 0 amide bonds. The molecule has 1 aliphatic carbocycles. The van der Waals surface area contributed by atoms with Crippen LogP contribution in [0.1, 0.15) is 35.4 Å². The minimum atomic E-state index is -4.56. The summed E-state index contributed by atoms with van der Waals surface area (Å²) < 4.78 is 72.4. The van der Waals surface area contributed by atoms with Crippen LogP contribution >= 0.6 is 0 Å². The molecule has 3 atom stereocenters. The molecule has 1 aliphatic heterocycles. The van der Waals surface area contributed by atoms with Crippen LogP contribution in [0, 0.1) is 0 Å². The van der Waals surface area contributed by atoms with Gasteiger partial charge in [0.25, 0.3) is 0 Å². The SMILES string of the molecule is C=C(C(=O)O)c1cccc2c1OC1CCC(NS(=O)(=O)c3ccc(C(F)(F)F)cc3)C21. The van der Waals surface area contributed by atoms with E-state index >= 15 is 0 Å². The van der Waals surface area contributed by atoms with Gasteiger partial charge in [0.1, 0.15) is 11.9 Å². The molecule has 31 heavy (non-hydrogen) atoms. The van der Waals surface area contributed by atoms with Crippen LogP contribution in [0.2, 0.25) is 0 Å². The fraction of sp³-hybridized carbons (Fsp3) is 0.286. The van der Waals surface area contributed by atoms with Gasteiger partial charge in [-0.1, -0.05) is 24.8 Å². The minimum absolute atomic E-state index is 0.126. The molecule has 3 unspecified atom stereocenters. The van der Waals surface area contributed by atoms with Crippen LogP contribution in [0.5, 0.6) is 5.75 Å². The highest BCUT2D eigenvalue weighted by atomic mass is 32.2. The zero-order valence-electron chi connectivity index (χ0n) is 16.0. The van der Waals surface area contributed by atoms with Crippen molar-refractivity contribution < 1.29 is 36.2 Å². The van der Waals surface area contributed by atoms with Crippen LogP contribution in [0.15, 0.2) is 53.9 Å². The quantitative estimate of drug-likeness (QED) is 0.672. The number of alkyl halides is 3. The summed E-state index contributed by atoms with van der Waals surface area (Å²) in [4.78, 5) is 11.1. The third kappa shape index (κ3) is 3.81. The summed E-state index contributed by atoms with van der Waals surface area (Å²) in [5.41, 5.74) is -0.0401. The van der Waals surface area contributed by atoms with E-state index in [-0.39, 0.29) is 22.5 Å². The summed E-state index contributed by atoms with van der Waals surface area (Å²) >= 11 is 0. The Morgan fingerprint density at radius 1 is 1.13 bits per heavy atom. The lowest BCUT2D eigenvalue weighted by molar-refractivity contribution is -0.137. The molecule has 0 saturated heterocycles. The molecule has 0 radical (unpaired) electrons. The summed E-state index contributed by atoms with van der Waals surface area (Å²) in [6.45, 7) is 3.57. The number of ether oxygens (including phenoxy) is 1. The molecule has 6 nitrogen and oxygen atoms in total. The lowest BCUT2D eigenvalue weighted by Gasteiger charge is -2.20. The summed E-state index contributed by atoms with van der Waals surface area (Å²) in [5, 5.41) is 9.25. The molecule has 0 bridgehead atoms. The first-order valence-corrected chi connectivity index (χ1v) is 10.9. The van der Waals surface area contributed by atoms with Crippen LogP contribution in [0.4, 0.5) is 13.2 Å². The number of carboxylic acids is 1. The third-order valence-electron chi connectivity index (χ3n) is 5.65. The zero-order chi connectivity index (χ0) is 22.6. The van der Waals surface area contributed by atoms with Gasteiger partial charge in [-0.15, -0.1) is 0 Å². The molecule has 4 rings (SSSR count). The normalized spacial score (nSPS) is 22.5. The average molecular weight is 453 g/mol. The van der Waals surface area contributed by atoms with Crippen molar-refractivity contribution >= 4 is 21.6 Å².